The molecule has 5 heteroatoms. The van der Waals surface area contributed by atoms with E-state index >= 15 is 0 Å². The molecule has 3 N–H and O–H groups in total. The zero-order valence-corrected chi connectivity index (χ0v) is 9.69. The van der Waals surface area contributed by atoms with Gasteiger partial charge in [0.25, 0.3) is 0 Å². The van der Waals surface area contributed by atoms with Crippen LogP contribution < -0.4 is 0 Å². The second-order valence-electron chi connectivity index (χ2n) is 3.83. The van der Waals surface area contributed by atoms with E-state index in [2.05, 4.69) is 4.98 Å². The maximum atomic E-state index is 10.8. The van der Waals surface area contributed by atoms with Crippen molar-refractivity contribution in [3.05, 3.63) is 35.5 Å². The van der Waals surface area contributed by atoms with Crippen LogP contribution in [-0.4, -0.2) is 33.5 Å². The van der Waals surface area contributed by atoms with Crippen LogP contribution in [0.15, 0.2) is 24.4 Å². The van der Waals surface area contributed by atoms with Crippen LogP contribution >= 0.6 is 11.6 Å². The summed E-state index contributed by atoms with van der Waals surface area (Å²) >= 11 is 5.48. The molecular formula is C12H12ClNO3. The Morgan fingerprint density at radius 2 is 2.18 bits per heavy atom. The summed E-state index contributed by atoms with van der Waals surface area (Å²) in [7, 11) is 0. The van der Waals surface area contributed by atoms with Crippen LogP contribution in [-0.2, 0) is 0 Å². The van der Waals surface area contributed by atoms with E-state index in [1.807, 2.05) is 0 Å². The van der Waals surface area contributed by atoms with Crippen molar-refractivity contribution < 1.29 is 15.0 Å². The van der Waals surface area contributed by atoms with Gasteiger partial charge in [-0.05, 0) is 17.7 Å². The van der Waals surface area contributed by atoms with Crippen molar-refractivity contribution in [1.29, 1.82) is 0 Å². The van der Waals surface area contributed by atoms with Gasteiger partial charge in [0.2, 0.25) is 0 Å². The highest BCUT2D eigenvalue weighted by Crippen LogP contribution is 2.24. The predicted molar refractivity (Wildman–Crippen MR) is 65.4 cm³/mol. The first-order valence-electron chi connectivity index (χ1n) is 5.15. The molecular weight excluding hydrogens is 242 g/mol. The summed E-state index contributed by atoms with van der Waals surface area (Å²) in [5, 5.41) is 20.0. The first-order chi connectivity index (χ1) is 8.17. The monoisotopic (exact) mass is 253 g/mol. The van der Waals surface area contributed by atoms with Gasteiger partial charge in [-0.15, -0.1) is 11.6 Å². The average molecular weight is 254 g/mol. The number of aliphatic hydroxyl groups is 2. The molecule has 0 saturated heterocycles. The van der Waals surface area contributed by atoms with E-state index in [0.717, 1.165) is 17.2 Å². The summed E-state index contributed by atoms with van der Waals surface area (Å²) in [5.41, 5.74) is 1.87. The first-order valence-corrected chi connectivity index (χ1v) is 5.69. The fraction of sp³-hybridized carbons (Fsp3) is 0.250. The van der Waals surface area contributed by atoms with Crippen LogP contribution in [0.2, 0.25) is 0 Å². The number of rotatable bonds is 4. The summed E-state index contributed by atoms with van der Waals surface area (Å²) in [6.45, 7) is 0. The van der Waals surface area contributed by atoms with Crippen molar-refractivity contribution in [1.82, 2.24) is 4.98 Å². The van der Waals surface area contributed by atoms with Gasteiger partial charge in [-0.2, -0.15) is 0 Å². The van der Waals surface area contributed by atoms with Crippen LogP contribution in [0, 0.1) is 0 Å². The van der Waals surface area contributed by atoms with Gasteiger partial charge in [-0.3, -0.25) is 4.79 Å². The van der Waals surface area contributed by atoms with Crippen LogP contribution in [0.3, 0.4) is 0 Å². The number of H-pyrrole nitrogens is 1. The highest BCUT2D eigenvalue weighted by Gasteiger charge is 2.18. The number of hydrogen-bond acceptors (Lipinski definition) is 3. The summed E-state index contributed by atoms with van der Waals surface area (Å²) in [6, 6.07) is 5.12. The lowest BCUT2D eigenvalue weighted by Crippen LogP contribution is -2.19. The topological polar surface area (TPSA) is 73.3 Å². The van der Waals surface area contributed by atoms with Crippen LogP contribution in [0.25, 0.3) is 10.9 Å². The minimum atomic E-state index is -1.05. The molecule has 2 atom stereocenters. The third kappa shape index (κ3) is 2.20. The van der Waals surface area contributed by atoms with Crippen molar-refractivity contribution in [2.24, 2.45) is 0 Å². The van der Waals surface area contributed by atoms with E-state index in [9.17, 15) is 15.0 Å². The largest absolute Gasteiger partial charge is 0.389 e. The van der Waals surface area contributed by atoms with Gasteiger partial charge in [-0.1, -0.05) is 6.07 Å². The second-order valence-corrected chi connectivity index (χ2v) is 4.14. The van der Waals surface area contributed by atoms with E-state index in [1.54, 1.807) is 24.4 Å². The van der Waals surface area contributed by atoms with Crippen molar-refractivity contribution >= 4 is 28.8 Å². The zero-order valence-electron chi connectivity index (χ0n) is 8.93. The normalized spacial score (nSPS) is 14.8. The van der Waals surface area contributed by atoms with Crippen LogP contribution in [0.4, 0.5) is 0 Å². The molecule has 0 spiro atoms. The molecule has 90 valence electrons. The lowest BCUT2D eigenvalue weighted by atomic mass is 10.0. The Bertz CT molecular complexity index is 538. The average Bonchev–Trinajstić information content (AvgIpc) is 2.78. The number of carbonyl (C=O) groups excluding carboxylic acids is 1. The van der Waals surface area contributed by atoms with Crippen molar-refractivity contribution in [2.75, 3.05) is 5.88 Å². The minimum Gasteiger partial charge on any atom is -0.389 e. The fourth-order valence-electron chi connectivity index (χ4n) is 1.75. The predicted octanol–water partition coefficient (Wildman–Crippen LogP) is 1.61. The number of carbonyl (C=O) groups is 1. The lowest BCUT2D eigenvalue weighted by Gasteiger charge is -2.15. The third-order valence-electron chi connectivity index (χ3n) is 2.73. The Balaban J connectivity index is 2.45. The van der Waals surface area contributed by atoms with Gasteiger partial charge in [-0.25, -0.2) is 0 Å². The number of halogens is 1. The molecule has 4 nitrogen and oxygen atoms in total. The summed E-state index contributed by atoms with van der Waals surface area (Å²) < 4.78 is 0. The summed E-state index contributed by atoms with van der Waals surface area (Å²) in [5.74, 6) is -0.0487. The van der Waals surface area contributed by atoms with E-state index < -0.39 is 12.2 Å². The number of benzene rings is 1. The number of hydrogen-bond donors (Lipinski definition) is 3. The molecule has 1 aromatic carbocycles. The Kier molecular flexibility index (Phi) is 3.47. The zero-order chi connectivity index (χ0) is 12.4. The molecule has 0 bridgehead atoms. The van der Waals surface area contributed by atoms with Gasteiger partial charge in [0.1, 0.15) is 6.10 Å². The van der Waals surface area contributed by atoms with E-state index in [-0.39, 0.29) is 5.88 Å². The second kappa shape index (κ2) is 4.87. The number of nitrogens with one attached hydrogen (secondary N) is 1. The van der Waals surface area contributed by atoms with E-state index in [4.69, 9.17) is 11.6 Å². The van der Waals surface area contributed by atoms with Crippen molar-refractivity contribution in [2.45, 2.75) is 12.2 Å². The van der Waals surface area contributed by atoms with E-state index in [1.165, 1.54) is 0 Å². The highest BCUT2D eigenvalue weighted by molar-refractivity contribution is 6.18. The molecule has 1 aromatic heterocycles. The number of aromatic amines is 1. The molecule has 1 heterocycles. The number of fused-ring (bicyclic) bond motifs is 1. The molecule has 0 aliphatic carbocycles. The molecule has 0 radical (unpaired) electrons. The SMILES string of the molecule is O=Cc1c[nH]c2ccc(C(O)C(O)CCl)cc12. The molecule has 0 amide bonds. The van der Waals surface area contributed by atoms with Crippen LogP contribution in [0.5, 0.6) is 0 Å². The smallest absolute Gasteiger partial charge is 0.152 e. The summed E-state index contributed by atoms with van der Waals surface area (Å²) in [4.78, 5) is 13.7. The molecule has 0 aliphatic heterocycles. The number of aliphatic hydroxyl groups excluding tert-OH is 2. The van der Waals surface area contributed by atoms with Gasteiger partial charge < -0.3 is 15.2 Å². The summed E-state index contributed by atoms with van der Waals surface area (Å²) in [6.07, 6.45) is 0.276. The molecule has 0 fully saturated rings. The lowest BCUT2D eigenvalue weighted by molar-refractivity contribution is 0.0328. The van der Waals surface area contributed by atoms with Gasteiger partial charge in [0, 0.05) is 22.7 Å². The Labute approximate surface area is 103 Å². The Morgan fingerprint density at radius 1 is 1.41 bits per heavy atom. The Morgan fingerprint density at radius 3 is 2.82 bits per heavy atom. The number of aldehydes is 1. The standard InChI is InChI=1S/C12H12ClNO3/c13-4-11(16)12(17)7-1-2-10-9(3-7)8(6-15)5-14-10/h1-3,5-6,11-12,14,16-17H,4H2. The van der Waals surface area contributed by atoms with E-state index in [0.29, 0.717) is 11.1 Å². The number of aromatic nitrogens is 1. The highest BCUT2D eigenvalue weighted by atomic mass is 35.5. The van der Waals surface area contributed by atoms with Gasteiger partial charge in [0.15, 0.2) is 6.29 Å². The fourth-order valence-corrected chi connectivity index (χ4v) is 1.92. The maximum absolute atomic E-state index is 10.8. The molecule has 0 saturated carbocycles. The maximum Gasteiger partial charge on any atom is 0.152 e. The third-order valence-corrected chi connectivity index (χ3v) is 3.05. The molecule has 2 aromatic rings. The minimum absolute atomic E-state index is 0.0487. The van der Waals surface area contributed by atoms with Gasteiger partial charge >= 0.3 is 0 Å². The molecule has 17 heavy (non-hydrogen) atoms. The van der Waals surface area contributed by atoms with Crippen molar-refractivity contribution in [3.63, 3.8) is 0 Å². The quantitative estimate of drug-likeness (QED) is 0.573. The number of alkyl halides is 1. The van der Waals surface area contributed by atoms with Crippen LogP contribution in [0.1, 0.15) is 22.0 Å². The first kappa shape index (κ1) is 12.1. The molecule has 0 aliphatic rings. The molecule has 2 unspecified atom stereocenters. The Hall–Kier alpha value is -1.36. The van der Waals surface area contributed by atoms with Gasteiger partial charge in [0.05, 0.1) is 12.0 Å². The van der Waals surface area contributed by atoms with Crippen molar-refractivity contribution in [3.8, 4) is 0 Å². The molecule has 2 rings (SSSR count).